The highest BCUT2D eigenvalue weighted by Crippen LogP contribution is 2.52. The van der Waals surface area contributed by atoms with Crippen LogP contribution < -0.4 is 10.5 Å². The SMILES string of the molecule is O=c1[nH]c(N2CCC3(CCC(CCO)c4cccc(Cl)c43)CC2)cc2c1CCCC2. The van der Waals surface area contributed by atoms with Crippen molar-refractivity contribution in [2.75, 3.05) is 24.6 Å². The van der Waals surface area contributed by atoms with Crippen LogP contribution in [0.15, 0.2) is 29.1 Å². The molecular weight excluding hydrogens is 396 g/mol. The standard InChI is InChI=1S/C25H31ClN2O2/c26-21-7-3-6-19-17(9-15-29)8-10-25(23(19)21)11-13-28(14-12-25)22-16-18-4-1-2-5-20(18)24(30)27-22/h3,6-7,16-17,29H,1-2,4-5,8-15H2,(H,27,30). The quantitative estimate of drug-likeness (QED) is 0.747. The monoisotopic (exact) mass is 426 g/mol. The number of hydrogen-bond donors (Lipinski definition) is 2. The van der Waals surface area contributed by atoms with Crippen LogP contribution in [0, 0.1) is 0 Å². The third-order valence-electron chi connectivity index (χ3n) is 7.86. The van der Waals surface area contributed by atoms with Crippen molar-refractivity contribution in [1.29, 1.82) is 0 Å². The van der Waals surface area contributed by atoms with Gasteiger partial charge in [-0.05, 0) is 92.5 Å². The van der Waals surface area contributed by atoms with Gasteiger partial charge in [0.1, 0.15) is 5.82 Å². The molecule has 2 aliphatic carbocycles. The number of pyridine rings is 1. The Labute approximate surface area is 183 Å². The van der Waals surface area contributed by atoms with Crippen LogP contribution in [0.4, 0.5) is 5.82 Å². The van der Waals surface area contributed by atoms with Gasteiger partial charge in [0.2, 0.25) is 0 Å². The van der Waals surface area contributed by atoms with Crippen molar-refractivity contribution in [2.24, 2.45) is 0 Å². The minimum Gasteiger partial charge on any atom is -0.396 e. The van der Waals surface area contributed by atoms with Crippen LogP contribution in [0.5, 0.6) is 0 Å². The molecule has 1 aromatic heterocycles. The first-order valence-corrected chi connectivity index (χ1v) is 11.9. The minimum absolute atomic E-state index is 0.111. The highest BCUT2D eigenvalue weighted by Gasteiger charge is 2.43. The first-order valence-electron chi connectivity index (χ1n) is 11.5. The summed E-state index contributed by atoms with van der Waals surface area (Å²) in [6.07, 6.45) is 9.40. The molecule has 0 amide bonds. The summed E-state index contributed by atoms with van der Waals surface area (Å²) in [5.74, 6) is 1.40. The number of aliphatic hydroxyl groups is 1. The summed E-state index contributed by atoms with van der Waals surface area (Å²) in [4.78, 5) is 18.1. The van der Waals surface area contributed by atoms with Gasteiger partial charge in [-0.3, -0.25) is 4.79 Å². The Bertz CT molecular complexity index is 991. The number of nitrogens with zero attached hydrogens (tertiary/aromatic N) is 1. The molecule has 3 aliphatic rings. The van der Waals surface area contributed by atoms with Gasteiger partial charge in [0.05, 0.1) is 0 Å². The average Bonchev–Trinajstić information content (AvgIpc) is 2.76. The maximum absolute atomic E-state index is 12.6. The number of aliphatic hydroxyl groups excluding tert-OH is 1. The number of hydrogen-bond acceptors (Lipinski definition) is 3. The summed E-state index contributed by atoms with van der Waals surface area (Å²) in [5.41, 5.74) is 5.15. The van der Waals surface area contributed by atoms with Crippen LogP contribution in [0.25, 0.3) is 0 Å². The van der Waals surface area contributed by atoms with E-state index >= 15 is 0 Å². The summed E-state index contributed by atoms with van der Waals surface area (Å²) in [6.45, 7) is 2.09. The fraction of sp³-hybridized carbons (Fsp3) is 0.560. The van der Waals surface area contributed by atoms with Crippen molar-refractivity contribution < 1.29 is 5.11 Å². The van der Waals surface area contributed by atoms with E-state index in [9.17, 15) is 9.90 Å². The molecule has 2 aromatic rings. The molecule has 2 N–H and O–H groups in total. The zero-order chi connectivity index (χ0) is 20.7. The molecule has 1 aromatic carbocycles. The zero-order valence-electron chi connectivity index (χ0n) is 17.6. The minimum atomic E-state index is 0.111. The lowest BCUT2D eigenvalue weighted by molar-refractivity contribution is 0.236. The van der Waals surface area contributed by atoms with Crippen molar-refractivity contribution in [2.45, 2.75) is 69.1 Å². The Balaban J connectivity index is 1.41. The highest BCUT2D eigenvalue weighted by molar-refractivity contribution is 6.31. The van der Waals surface area contributed by atoms with Crippen molar-refractivity contribution in [3.05, 3.63) is 61.9 Å². The topological polar surface area (TPSA) is 56.3 Å². The molecule has 160 valence electrons. The Morgan fingerprint density at radius 2 is 1.97 bits per heavy atom. The fourth-order valence-electron chi connectivity index (χ4n) is 6.21. The van der Waals surface area contributed by atoms with E-state index in [2.05, 4.69) is 28.1 Å². The molecule has 4 nitrogen and oxygen atoms in total. The lowest BCUT2D eigenvalue weighted by atomic mass is 9.62. The number of halogens is 1. The van der Waals surface area contributed by atoms with Crippen LogP contribution in [0.3, 0.4) is 0 Å². The molecule has 30 heavy (non-hydrogen) atoms. The summed E-state index contributed by atoms with van der Waals surface area (Å²) in [5, 5.41) is 10.4. The maximum Gasteiger partial charge on any atom is 0.252 e. The van der Waals surface area contributed by atoms with E-state index in [1.807, 2.05) is 6.07 Å². The highest BCUT2D eigenvalue weighted by atomic mass is 35.5. The van der Waals surface area contributed by atoms with Gasteiger partial charge in [-0.1, -0.05) is 23.7 Å². The molecule has 1 aliphatic heterocycles. The number of H-pyrrole nitrogens is 1. The third kappa shape index (κ3) is 3.38. The van der Waals surface area contributed by atoms with Crippen molar-refractivity contribution in [3.63, 3.8) is 0 Å². The molecule has 1 fully saturated rings. The molecule has 1 spiro atoms. The molecule has 0 radical (unpaired) electrons. The van der Waals surface area contributed by atoms with E-state index in [0.29, 0.717) is 5.92 Å². The van der Waals surface area contributed by atoms with Gasteiger partial charge in [-0.2, -0.15) is 0 Å². The van der Waals surface area contributed by atoms with Gasteiger partial charge in [0.25, 0.3) is 5.56 Å². The Morgan fingerprint density at radius 3 is 2.77 bits per heavy atom. The third-order valence-corrected chi connectivity index (χ3v) is 8.18. The zero-order valence-corrected chi connectivity index (χ0v) is 18.3. The van der Waals surface area contributed by atoms with E-state index in [0.717, 1.165) is 80.9 Å². The van der Waals surface area contributed by atoms with E-state index in [1.54, 1.807) is 0 Å². The van der Waals surface area contributed by atoms with Crippen LogP contribution in [-0.2, 0) is 18.3 Å². The first kappa shape index (κ1) is 20.1. The number of fused-ring (bicyclic) bond motifs is 3. The second kappa shape index (κ2) is 8.05. The second-order valence-electron chi connectivity index (χ2n) is 9.41. The predicted molar refractivity (Wildman–Crippen MR) is 122 cm³/mol. The second-order valence-corrected chi connectivity index (χ2v) is 9.82. The van der Waals surface area contributed by atoms with Gasteiger partial charge in [-0.25, -0.2) is 0 Å². The molecule has 5 rings (SSSR count). The van der Waals surface area contributed by atoms with Crippen LogP contribution in [-0.4, -0.2) is 29.8 Å². The van der Waals surface area contributed by atoms with Crippen LogP contribution >= 0.6 is 11.6 Å². The Morgan fingerprint density at radius 1 is 1.17 bits per heavy atom. The summed E-state index contributed by atoms with van der Waals surface area (Å²) in [6, 6.07) is 8.52. The van der Waals surface area contributed by atoms with Gasteiger partial charge in [0.15, 0.2) is 0 Å². The number of nitrogens with one attached hydrogen (secondary N) is 1. The summed E-state index contributed by atoms with van der Waals surface area (Å²) >= 11 is 6.76. The number of aryl methyl sites for hydroxylation is 1. The van der Waals surface area contributed by atoms with Gasteiger partial charge >= 0.3 is 0 Å². The number of anilines is 1. The normalized spacial score (nSPS) is 22.6. The van der Waals surface area contributed by atoms with E-state index in [-0.39, 0.29) is 17.6 Å². The van der Waals surface area contributed by atoms with Crippen LogP contribution in [0.2, 0.25) is 5.02 Å². The molecule has 2 heterocycles. The number of aromatic amines is 1. The number of aromatic nitrogens is 1. The number of piperidine rings is 1. The van der Waals surface area contributed by atoms with Gasteiger partial charge < -0.3 is 15.0 Å². The molecule has 5 heteroatoms. The van der Waals surface area contributed by atoms with Crippen molar-refractivity contribution in [3.8, 4) is 0 Å². The van der Waals surface area contributed by atoms with Crippen molar-refractivity contribution in [1.82, 2.24) is 4.98 Å². The molecule has 1 unspecified atom stereocenters. The number of rotatable bonds is 3. The summed E-state index contributed by atoms with van der Waals surface area (Å²) < 4.78 is 0. The van der Waals surface area contributed by atoms with Crippen LogP contribution in [0.1, 0.15) is 73.1 Å². The maximum atomic E-state index is 12.6. The predicted octanol–water partition coefficient (Wildman–Crippen LogP) is 4.71. The fourth-order valence-corrected chi connectivity index (χ4v) is 6.60. The van der Waals surface area contributed by atoms with Gasteiger partial charge in [-0.15, -0.1) is 0 Å². The van der Waals surface area contributed by atoms with Crippen molar-refractivity contribution >= 4 is 17.4 Å². The summed E-state index contributed by atoms with van der Waals surface area (Å²) in [7, 11) is 0. The molecular formula is C25H31ClN2O2. The lowest BCUT2D eigenvalue weighted by Crippen LogP contribution is -2.45. The molecule has 0 bridgehead atoms. The molecule has 1 atom stereocenters. The first-order chi connectivity index (χ1) is 14.6. The number of benzene rings is 1. The largest absolute Gasteiger partial charge is 0.396 e. The molecule has 1 saturated heterocycles. The van der Waals surface area contributed by atoms with Gasteiger partial charge in [0, 0.05) is 35.7 Å². The Kier molecular flexibility index (Phi) is 5.40. The molecule has 0 saturated carbocycles. The van der Waals surface area contributed by atoms with E-state index < -0.39 is 0 Å². The lowest BCUT2D eigenvalue weighted by Gasteiger charge is -2.48. The average molecular weight is 427 g/mol. The Hall–Kier alpha value is -1.78. The van der Waals surface area contributed by atoms with E-state index in [4.69, 9.17) is 11.6 Å². The smallest absolute Gasteiger partial charge is 0.252 e. The van der Waals surface area contributed by atoms with E-state index in [1.165, 1.54) is 23.1 Å².